The minimum atomic E-state index is 0. The second kappa shape index (κ2) is 11.4. The Morgan fingerprint density at radius 3 is 2.65 bits per heavy atom. The van der Waals surface area contributed by atoms with Crippen molar-refractivity contribution in [1.29, 1.82) is 0 Å². The number of hydrogen-bond donors (Lipinski definition) is 1. The lowest BCUT2D eigenvalue weighted by Gasteiger charge is -2.28. The summed E-state index contributed by atoms with van der Waals surface area (Å²) in [6.07, 6.45) is 6.61. The number of likely N-dealkylation sites (tertiary alicyclic amines) is 1. The highest BCUT2D eigenvalue weighted by molar-refractivity contribution is 14.0. The molecule has 7 heteroatoms. The average Bonchev–Trinajstić information content (AvgIpc) is 3.39. The van der Waals surface area contributed by atoms with E-state index >= 15 is 0 Å². The third-order valence-corrected chi connectivity index (χ3v) is 7.21. The maximum atomic E-state index is 12.1. The van der Waals surface area contributed by atoms with E-state index in [9.17, 15) is 4.79 Å². The van der Waals surface area contributed by atoms with Crippen LogP contribution in [0.4, 0.5) is 5.69 Å². The lowest BCUT2D eigenvalue weighted by atomic mass is 9.96. The van der Waals surface area contributed by atoms with Crippen LogP contribution in [0.3, 0.4) is 0 Å². The molecule has 5 rings (SSSR count). The molecule has 2 fully saturated rings. The van der Waals surface area contributed by atoms with E-state index in [1.54, 1.807) is 0 Å². The molecule has 1 saturated carbocycles. The summed E-state index contributed by atoms with van der Waals surface area (Å²) < 4.78 is 6.21. The summed E-state index contributed by atoms with van der Waals surface area (Å²) in [5.41, 5.74) is 3.71. The average molecular weight is 575 g/mol. The van der Waals surface area contributed by atoms with Gasteiger partial charge in [0.1, 0.15) is 5.75 Å². The number of carbonyl (C=O) groups excluding carboxylic acids is 1. The SMILES string of the molecule is CN=C(NCc1ccccc1OC1CCC1)N1CC(CCN2CCCC2=O)c2ccccc21.I. The third-order valence-electron chi connectivity index (χ3n) is 7.21. The zero-order chi connectivity index (χ0) is 22.6. The van der Waals surface area contributed by atoms with Gasteiger partial charge in [0.15, 0.2) is 5.96 Å². The molecule has 2 aliphatic heterocycles. The largest absolute Gasteiger partial charge is 0.490 e. The molecule has 1 amide bonds. The van der Waals surface area contributed by atoms with Gasteiger partial charge in [0, 0.05) is 56.8 Å². The Morgan fingerprint density at radius 1 is 1.12 bits per heavy atom. The molecule has 1 aliphatic carbocycles. The van der Waals surface area contributed by atoms with E-state index in [0.717, 1.165) is 62.6 Å². The normalized spacial score (nSPS) is 20.1. The lowest BCUT2D eigenvalue weighted by molar-refractivity contribution is -0.127. The van der Waals surface area contributed by atoms with Crippen LogP contribution in [0.1, 0.15) is 55.6 Å². The first-order valence-corrected chi connectivity index (χ1v) is 12.3. The van der Waals surface area contributed by atoms with Crippen LogP contribution in [0.2, 0.25) is 0 Å². The number of guanidine groups is 1. The topological polar surface area (TPSA) is 57.2 Å². The number of rotatable bonds is 7. The minimum Gasteiger partial charge on any atom is -0.490 e. The van der Waals surface area contributed by atoms with Gasteiger partial charge in [-0.2, -0.15) is 0 Å². The van der Waals surface area contributed by atoms with Gasteiger partial charge < -0.3 is 19.9 Å². The molecule has 34 heavy (non-hydrogen) atoms. The van der Waals surface area contributed by atoms with E-state index in [1.165, 1.54) is 17.7 Å². The van der Waals surface area contributed by atoms with Crippen molar-refractivity contribution >= 4 is 41.5 Å². The molecule has 6 nitrogen and oxygen atoms in total. The number of benzene rings is 2. The van der Waals surface area contributed by atoms with Crippen molar-refractivity contribution in [3.05, 3.63) is 59.7 Å². The maximum absolute atomic E-state index is 12.1. The molecule has 2 aromatic rings. The van der Waals surface area contributed by atoms with Gasteiger partial charge in [0.05, 0.1) is 6.10 Å². The molecule has 2 heterocycles. The fourth-order valence-electron chi connectivity index (χ4n) is 5.10. The number of hydrogen-bond acceptors (Lipinski definition) is 3. The van der Waals surface area contributed by atoms with Crippen LogP contribution in [-0.4, -0.2) is 49.6 Å². The number of nitrogens with zero attached hydrogens (tertiary/aromatic N) is 3. The second-order valence-electron chi connectivity index (χ2n) is 9.32. The second-order valence-corrected chi connectivity index (χ2v) is 9.32. The zero-order valence-electron chi connectivity index (χ0n) is 19.9. The molecule has 3 aliphatic rings. The highest BCUT2D eigenvalue weighted by atomic mass is 127. The summed E-state index contributed by atoms with van der Waals surface area (Å²) in [5.74, 6) is 2.54. The minimum absolute atomic E-state index is 0. The number of anilines is 1. The smallest absolute Gasteiger partial charge is 0.222 e. The third kappa shape index (κ3) is 5.34. The first-order chi connectivity index (χ1) is 16.2. The van der Waals surface area contributed by atoms with Gasteiger partial charge in [-0.1, -0.05) is 36.4 Å². The molecule has 1 unspecified atom stereocenters. The van der Waals surface area contributed by atoms with E-state index in [1.807, 2.05) is 18.0 Å². The summed E-state index contributed by atoms with van der Waals surface area (Å²) >= 11 is 0. The van der Waals surface area contributed by atoms with Crippen LogP contribution in [0.5, 0.6) is 5.75 Å². The van der Waals surface area contributed by atoms with Crippen molar-refractivity contribution in [1.82, 2.24) is 10.2 Å². The van der Waals surface area contributed by atoms with Crippen molar-refractivity contribution in [3.63, 3.8) is 0 Å². The number of nitrogens with one attached hydrogen (secondary N) is 1. The summed E-state index contributed by atoms with van der Waals surface area (Å²) in [5, 5.41) is 3.57. The molecular weight excluding hydrogens is 539 g/mol. The Kier molecular flexibility index (Phi) is 8.34. The van der Waals surface area contributed by atoms with E-state index in [2.05, 4.69) is 57.7 Å². The van der Waals surface area contributed by atoms with Crippen LogP contribution < -0.4 is 15.0 Å². The molecule has 1 atom stereocenters. The van der Waals surface area contributed by atoms with Crippen molar-refractivity contribution in [2.75, 3.05) is 31.6 Å². The fourth-order valence-corrected chi connectivity index (χ4v) is 5.10. The number of fused-ring (bicyclic) bond motifs is 1. The molecule has 0 bridgehead atoms. The highest BCUT2D eigenvalue weighted by Crippen LogP contribution is 2.38. The number of carbonyl (C=O) groups is 1. The Morgan fingerprint density at radius 2 is 1.91 bits per heavy atom. The summed E-state index contributed by atoms with van der Waals surface area (Å²) in [4.78, 5) is 21.0. The van der Waals surface area contributed by atoms with E-state index in [0.29, 0.717) is 30.9 Å². The fraction of sp³-hybridized carbons (Fsp3) is 0.481. The van der Waals surface area contributed by atoms with Gasteiger partial charge in [-0.3, -0.25) is 9.79 Å². The van der Waals surface area contributed by atoms with Gasteiger partial charge in [-0.25, -0.2) is 0 Å². The van der Waals surface area contributed by atoms with E-state index < -0.39 is 0 Å². The van der Waals surface area contributed by atoms with Crippen molar-refractivity contribution in [2.45, 2.75) is 57.1 Å². The quantitative estimate of drug-likeness (QED) is 0.290. The molecule has 1 N–H and O–H groups in total. The van der Waals surface area contributed by atoms with Gasteiger partial charge in [-0.05, 0) is 49.8 Å². The zero-order valence-corrected chi connectivity index (χ0v) is 22.2. The van der Waals surface area contributed by atoms with Gasteiger partial charge in [-0.15, -0.1) is 24.0 Å². The van der Waals surface area contributed by atoms with Crippen molar-refractivity contribution in [3.8, 4) is 5.75 Å². The number of aliphatic imine (C=N–C) groups is 1. The predicted molar refractivity (Wildman–Crippen MR) is 147 cm³/mol. The standard InChI is InChI=1S/C27H34N4O2.HI/c1-28-27(29-18-20-8-2-5-13-25(20)33-22-9-6-10-22)31-19-21(23-11-3-4-12-24(23)31)15-17-30-16-7-14-26(30)32;/h2-5,8,11-13,21-22H,6-7,9-10,14-19H2,1H3,(H,28,29);1H. The summed E-state index contributed by atoms with van der Waals surface area (Å²) in [6.45, 7) is 3.29. The van der Waals surface area contributed by atoms with Gasteiger partial charge in [0.25, 0.3) is 0 Å². The first kappa shape index (κ1) is 24.8. The molecule has 0 radical (unpaired) electrons. The van der Waals surface area contributed by atoms with Gasteiger partial charge in [0.2, 0.25) is 5.91 Å². The van der Waals surface area contributed by atoms with Crippen LogP contribution >= 0.6 is 24.0 Å². The monoisotopic (exact) mass is 574 g/mol. The van der Waals surface area contributed by atoms with Crippen LogP contribution in [0.25, 0.3) is 0 Å². The number of halogens is 1. The van der Waals surface area contributed by atoms with E-state index in [-0.39, 0.29) is 24.0 Å². The van der Waals surface area contributed by atoms with Gasteiger partial charge >= 0.3 is 0 Å². The number of ether oxygens (including phenoxy) is 1. The first-order valence-electron chi connectivity index (χ1n) is 12.3. The molecule has 2 aromatic carbocycles. The lowest BCUT2D eigenvalue weighted by Crippen LogP contribution is -2.41. The Hall–Kier alpha value is -2.29. The van der Waals surface area contributed by atoms with Crippen molar-refractivity contribution < 1.29 is 9.53 Å². The molecule has 0 aromatic heterocycles. The Bertz CT molecular complexity index is 1020. The van der Waals surface area contributed by atoms with E-state index in [4.69, 9.17) is 4.74 Å². The van der Waals surface area contributed by atoms with Crippen molar-refractivity contribution in [2.24, 2.45) is 4.99 Å². The van der Waals surface area contributed by atoms with Crippen LogP contribution in [0, 0.1) is 0 Å². The molecule has 182 valence electrons. The van der Waals surface area contributed by atoms with Crippen LogP contribution in [-0.2, 0) is 11.3 Å². The molecule has 1 saturated heterocycles. The molecule has 0 spiro atoms. The number of amides is 1. The molecular formula is C27H35IN4O2. The Balaban J connectivity index is 0.00000274. The summed E-state index contributed by atoms with van der Waals surface area (Å²) in [7, 11) is 1.85. The maximum Gasteiger partial charge on any atom is 0.222 e. The highest BCUT2D eigenvalue weighted by Gasteiger charge is 2.32. The predicted octanol–water partition coefficient (Wildman–Crippen LogP) is 4.93. The Labute approximate surface area is 219 Å². The van der Waals surface area contributed by atoms with Crippen LogP contribution in [0.15, 0.2) is 53.5 Å². The number of para-hydroxylation sites is 2. The summed E-state index contributed by atoms with van der Waals surface area (Å²) in [6, 6.07) is 16.9.